The summed E-state index contributed by atoms with van der Waals surface area (Å²) in [7, 11) is 1.63. The van der Waals surface area contributed by atoms with Gasteiger partial charge in [-0.2, -0.15) is 0 Å². The largest absolute Gasteiger partial charge is 0.383 e. The molecule has 0 saturated heterocycles. The van der Waals surface area contributed by atoms with Crippen LogP contribution in [0.2, 0.25) is 0 Å². The maximum absolute atomic E-state index is 5.27. The van der Waals surface area contributed by atoms with Crippen LogP contribution in [0.5, 0.6) is 0 Å². The molecule has 0 amide bonds. The Kier molecular flexibility index (Phi) is 5.20. The van der Waals surface area contributed by atoms with Crippen molar-refractivity contribution in [2.45, 2.75) is 6.54 Å². The molecule has 0 fully saturated rings. The number of hydrogen-bond donors (Lipinski definition) is 3. The Morgan fingerprint density at radius 1 is 1.73 bits per heavy atom. The summed E-state index contributed by atoms with van der Waals surface area (Å²) in [6.07, 6.45) is 1.50. The standard InChI is InChI=1S/C8H15N5O2/c1-14-5-3-10-8(12-9)11-6-7-2-4-15-13-7/h2,4H,3,5-6,9H2,1H3,(H2,10,11,12). The van der Waals surface area contributed by atoms with Crippen LogP contribution in [0.3, 0.4) is 0 Å². The fourth-order valence-electron chi connectivity index (χ4n) is 0.903. The minimum atomic E-state index is 0.413. The Morgan fingerprint density at radius 3 is 3.20 bits per heavy atom. The second-order valence-electron chi connectivity index (χ2n) is 2.72. The number of aliphatic imine (C=N–C) groups is 1. The van der Waals surface area contributed by atoms with E-state index in [4.69, 9.17) is 10.6 Å². The van der Waals surface area contributed by atoms with Crippen molar-refractivity contribution in [2.24, 2.45) is 10.8 Å². The van der Waals surface area contributed by atoms with E-state index in [9.17, 15) is 0 Å². The summed E-state index contributed by atoms with van der Waals surface area (Å²) in [5.74, 6) is 5.76. The SMILES string of the molecule is COCCNC(=NCc1ccon1)NN. The number of nitrogens with two attached hydrogens (primary N) is 1. The van der Waals surface area contributed by atoms with Gasteiger partial charge in [0.2, 0.25) is 5.96 Å². The van der Waals surface area contributed by atoms with Gasteiger partial charge in [0.15, 0.2) is 0 Å². The Balaban J connectivity index is 2.33. The molecule has 0 aliphatic carbocycles. The highest BCUT2D eigenvalue weighted by molar-refractivity contribution is 5.79. The Bertz CT molecular complexity index is 285. The Morgan fingerprint density at radius 2 is 2.60 bits per heavy atom. The van der Waals surface area contributed by atoms with Crippen molar-refractivity contribution in [3.05, 3.63) is 18.0 Å². The highest BCUT2D eigenvalue weighted by Gasteiger charge is 1.97. The molecule has 1 aromatic heterocycles. The predicted octanol–water partition coefficient (Wildman–Crippen LogP) is -0.770. The van der Waals surface area contributed by atoms with Gasteiger partial charge in [0.1, 0.15) is 12.0 Å². The number of aromatic nitrogens is 1. The van der Waals surface area contributed by atoms with Crippen LogP contribution < -0.4 is 16.6 Å². The van der Waals surface area contributed by atoms with E-state index in [1.165, 1.54) is 6.26 Å². The van der Waals surface area contributed by atoms with Crippen LogP contribution in [-0.2, 0) is 11.3 Å². The summed E-state index contributed by atoms with van der Waals surface area (Å²) in [5.41, 5.74) is 3.19. The molecule has 0 bridgehead atoms. The summed E-state index contributed by atoms with van der Waals surface area (Å²) in [4.78, 5) is 4.15. The third-order valence-electron chi connectivity index (χ3n) is 1.63. The third-order valence-corrected chi connectivity index (χ3v) is 1.63. The van der Waals surface area contributed by atoms with Crippen LogP contribution in [0, 0.1) is 0 Å². The second-order valence-corrected chi connectivity index (χ2v) is 2.72. The van der Waals surface area contributed by atoms with Crippen LogP contribution in [0.25, 0.3) is 0 Å². The van der Waals surface area contributed by atoms with E-state index in [0.29, 0.717) is 25.7 Å². The Hall–Kier alpha value is -1.60. The van der Waals surface area contributed by atoms with Gasteiger partial charge in [0, 0.05) is 19.7 Å². The minimum Gasteiger partial charge on any atom is -0.383 e. The lowest BCUT2D eigenvalue weighted by atomic mass is 10.4. The van der Waals surface area contributed by atoms with E-state index in [1.54, 1.807) is 13.2 Å². The molecule has 7 heteroatoms. The molecule has 0 radical (unpaired) electrons. The highest BCUT2D eigenvalue weighted by Crippen LogP contribution is 1.95. The molecule has 0 aliphatic rings. The van der Waals surface area contributed by atoms with Crippen molar-refractivity contribution < 1.29 is 9.26 Å². The summed E-state index contributed by atoms with van der Waals surface area (Å²) in [6.45, 7) is 1.64. The van der Waals surface area contributed by atoms with E-state index >= 15 is 0 Å². The Labute approximate surface area is 87.6 Å². The number of guanidine groups is 1. The topological polar surface area (TPSA) is 97.7 Å². The van der Waals surface area contributed by atoms with Gasteiger partial charge >= 0.3 is 0 Å². The molecular weight excluding hydrogens is 198 g/mol. The van der Waals surface area contributed by atoms with Gasteiger partial charge in [0.25, 0.3) is 0 Å². The average Bonchev–Trinajstić information content (AvgIpc) is 2.76. The molecule has 1 heterocycles. The number of rotatable bonds is 5. The zero-order chi connectivity index (χ0) is 10.9. The second kappa shape index (κ2) is 6.80. The van der Waals surface area contributed by atoms with E-state index in [-0.39, 0.29) is 0 Å². The average molecular weight is 213 g/mol. The van der Waals surface area contributed by atoms with E-state index < -0.39 is 0 Å². The smallest absolute Gasteiger partial charge is 0.206 e. The zero-order valence-corrected chi connectivity index (χ0v) is 8.56. The van der Waals surface area contributed by atoms with Crippen molar-refractivity contribution in [3.63, 3.8) is 0 Å². The molecule has 1 aromatic rings. The van der Waals surface area contributed by atoms with Gasteiger partial charge < -0.3 is 14.6 Å². The van der Waals surface area contributed by atoms with Crippen LogP contribution in [0.15, 0.2) is 21.8 Å². The first-order valence-electron chi connectivity index (χ1n) is 4.50. The fourth-order valence-corrected chi connectivity index (χ4v) is 0.903. The number of hydrogen-bond acceptors (Lipinski definition) is 5. The van der Waals surface area contributed by atoms with Gasteiger partial charge in [-0.3, -0.25) is 5.43 Å². The summed E-state index contributed by atoms with van der Waals surface area (Å²) in [6, 6.07) is 1.74. The van der Waals surface area contributed by atoms with E-state index in [0.717, 1.165) is 5.69 Å². The number of methoxy groups -OCH3 is 1. The molecule has 15 heavy (non-hydrogen) atoms. The number of nitrogens with one attached hydrogen (secondary N) is 2. The number of hydrazine groups is 1. The molecule has 0 aliphatic heterocycles. The maximum Gasteiger partial charge on any atom is 0.206 e. The first-order valence-corrected chi connectivity index (χ1v) is 4.50. The van der Waals surface area contributed by atoms with E-state index in [2.05, 4.69) is 25.4 Å². The number of nitrogens with zero attached hydrogens (tertiary/aromatic N) is 2. The maximum atomic E-state index is 5.27. The molecule has 84 valence electrons. The molecule has 0 spiro atoms. The van der Waals surface area contributed by atoms with Gasteiger partial charge in [-0.1, -0.05) is 5.16 Å². The summed E-state index contributed by atoms with van der Waals surface area (Å²) in [5, 5.41) is 6.68. The monoisotopic (exact) mass is 213 g/mol. The molecule has 7 nitrogen and oxygen atoms in total. The lowest BCUT2D eigenvalue weighted by molar-refractivity contribution is 0.203. The van der Waals surface area contributed by atoms with Crippen LogP contribution >= 0.6 is 0 Å². The van der Waals surface area contributed by atoms with Crippen molar-refractivity contribution in [2.75, 3.05) is 20.3 Å². The predicted molar refractivity (Wildman–Crippen MR) is 54.8 cm³/mol. The van der Waals surface area contributed by atoms with Gasteiger partial charge in [-0.05, 0) is 0 Å². The van der Waals surface area contributed by atoms with Gasteiger partial charge in [0.05, 0.1) is 13.2 Å². The normalized spacial score (nSPS) is 11.5. The van der Waals surface area contributed by atoms with Crippen molar-refractivity contribution >= 4 is 5.96 Å². The minimum absolute atomic E-state index is 0.413. The summed E-state index contributed by atoms with van der Waals surface area (Å²) < 4.78 is 9.54. The molecular formula is C8H15N5O2. The third kappa shape index (κ3) is 4.43. The number of ether oxygens (including phenoxy) is 1. The van der Waals surface area contributed by atoms with Crippen LogP contribution in [0.1, 0.15) is 5.69 Å². The molecule has 1 rings (SSSR count). The van der Waals surface area contributed by atoms with Crippen molar-refractivity contribution in [1.29, 1.82) is 0 Å². The van der Waals surface area contributed by atoms with E-state index in [1.807, 2.05) is 0 Å². The summed E-state index contributed by atoms with van der Waals surface area (Å²) >= 11 is 0. The quantitative estimate of drug-likeness (QED) is 0.195. The van der Waals surface area contributed by atoms with Gasteiger partial charge in [-0.25, -0.2) is 10.8 Å². The first-order chi connectivity index (χ1) is 7.36. The van der Waals surface area contributed by atoms with Crippen LogP contribution in [-0.4, -0.2) is 31.4 Å². The molecule has 0 unspecified atom stereocenters. The molecule has 0 saturated carbocycles. The van der Waals surface area contributed by atoms with Gasteiger partial charge in [-0.15, -0.1) is 0 Å². The molecule has 0 atom stereocenters. The van der Waals surface area contributed by atoms with Crippen molar-refractivity contribution in [1.82, 2.24) is 15.9 Å². The molecule has 4 N–H and O–H groups in total. The van der Waals surface area contributed by atoms with Crippen molar-refractivity contribution in [3.8, 4) is 0 Å². The highest BCUT2D eigenvalue weighted by atomic mass is 16.5. The van der Waals surface area contributed by atoms with Crippen LogP contribution in [0.4, 0.5) is 0 Å². The first kappa shape index (κ1) is 11.5. The zero-order valence-electron chi connectivity index (χ0n) is 8.56. The lowest BCUT2D eigenvalue weighted by Gasteiger charge is -2.07. The fraction of sp³-hybridized carbons (Fsp3) is 0.500. The lowest BCUT2D eigenvalue weighted by Crippen LogP contribution is -2.42. The molecule has 0 aromatic carbocycles.